The Balaban J connectivity index is 2.27. The summed E-state index contributed by atoms with van der Waals surface area (Å²) in [5.74, 6) is 0. The summed E-state index contributed by atoms with van der Waals surface area (Å²) in [7, 11) is 1.95. The number of hydrogen-bond acceptors (Lipinski definition) is 2. The highest BCUT2D eigenvalue weighted by Crippen LogP contribution is 2.24. The normalized spacial score (nSPS) is 10.8. The van der Waals surface area contributed by atoms with E-state index in [1.54, 1.807) is 0 Å². The minimum absolute atomic E-state index is 0.904. The average Bonchev–Trinajstić information content (AvgIpc) is 2.78. The first-order valence-corrected chi connectivity index (χ1v) is 5.96. The zero-order valence-corrected chi connectivity index (χ0v) is 10.7. The van der Waals surface area contributed by atoms with Gasteiger partial charge in [-0.15, -0.1) is 0 Å². The van der Waals surface area contributed by atoms with Gasteiger partial charge in [0.1, 0.15) is 0 Å². The zero-order chi connectivity index (χ0) is 12.3. The van der Waals surface area contributed by atoms with Gasteiger partial charge in [-0.05, 0) is 37.6 Å². The Kier molecular flexibility index (Phi) is 3.59. The Labute approximate surface area is 102 Å². The summed E-state index contributed by atoms with van der Waals surface area (Å²) in [5.41, 5.74) is 5.13. The van der Waals surface area contributed by atoms with Crippen LogP contribution in [0.1, 0.15) is 11.1 Å². The molecule has 0 unspecified atom stereocenters. The molecule has 0 atom stereocenters. The molecule has 3 nitrogen and oxygen atoms in total. The van der Waals surface area contributed by atoms with Crippen molar-refractivity contribution in [3.05, 3.63) is 41.7 Å². The zero-order valence-electron chi connectivity index (χ0n) is 10.7. The third-order valence-corrected chi connectivity index (χ3v) is 3.14. The van der Waals surface area contributed by atoms with Crippen molar-refractivity contribution in [2.45, 2.75) is 20.4 Å². The molecule has 90 valence electrons. The molecule has 0 aliphatic rings. The van der Waals surface area contributed by atoms with E-state index in [9.17, 15) is 0 Å². The van der Waals surface area contributed by atoms with Gasteiger partial charge in [0.25, 0.3) is 0 Å². The summed E-state index contributed by atoms with van der Waals surface area (Å²) >= 11 is 0. The number of nitrogens with one attached hydrogen (secondary N) is 1. The molecule has 0 bridgehead atoms. The van der Waals surface area contributed by atoms with Gasteiger partial charge in [-0.2, -0.15) is 5.10 Å². The lowest BCUT2D eigenvalue weighted by Gasteiger charge is -2.05. The molecule has 0 radical (unpaired) electrons. The number of hydrogen-bond donors (Lipinski definition) is 1. The first kappa shape index (κ1) is 11.9. The molecule has 1 heterocycles. The Hall–Kier alpha value is -1.61. The molecule has 0 amide bonds. The standard InChI is InChI=1S/C14H19N3/c1-11-5-4-6-14(12(11)2)13-9-16-17(10-13)8-7-15-3/h4-6,9-10,15H,7-8H2,1-3H3. The van der Waals surface area contributed by atoms with Gasteiger partial charge in [-0.25, -0.2) is 0 Å². The van der Waals surface area contributed by atoms with Gasteiger partial charge in [0.2, 0.25) is 0 Å². The van der Waals surface area contributed by atoms with Crippen LogP contribution in [-0.2, 0) is 6.54 Å². The second-order valence-electron chi connectivity index (χ2n) is 4.34. The molecule has 0 spiro atoms. The molecule has 17 heavy (non-hydrogen) atoms. The maximum atomic E-state index is 4.38. The largest absolute Gasteiger partial charge is 0.318 e. The summed E-state index contributed by atoms with van der Waals surface area (Å²) in [6.07, 6.45) is 4.05. The highest BCUT2D eigenvalue weighted by atomic mass is 15.3. The summed E-state index contributed by atoms with van der Waals surface area (Å²) in [6, 6.07) is 6.40. The van der Waals surface area contributed by atoms with Gasteiger partial charge >= 0.3 is 0 Å². The number of nitrogens with zero attached hydrogens (tertiary/aromatic N) is 2. The fourth-order valence-corrected chi connectivity index (χ4v) is 1.92. The number of benzene rings is 1. The molecular weight excluding hydrogens is 210 g/mol. The molecule has 1 aromatic heterocycles. The molecule has 0 saturated carbocycles. The second kappa shape index (κ2) is 5.15. The minimum atomic E-state index is 0.904. The lowest BCUT2D eigenvalue weighted by Crippen LogP contribution is -2.14. The van der Waals surface area contributed by atoms with Gasteiger partial charge in [0, 0.05) is 18.3 Å². The fraction of sp³-hybridized carbons (Fsp3) is 0.357. The number of aryl methyl sites for hydroxylation is 1. The summed E-state index contributed by atoms with van der Waals surface area (Å²) < 4.78 is 1.98. The van der Waals surface area contributed by atoms with Gasteiger partial charge in [-0.1, -0.05) is 18.2 Å². The Bertz CT molecular complexity index is 500. The van der Waals surface area contributed by atoms with Crippen LogP contribution in [0.4, 0.5) is 0 Å². The van der Waals surface area contributed by atoms with Crippen LogP contribution in [-0.4, -0.2) is 23.4 Å². The van der Waals surface area contributed by atoms with Crippen LogP contribution in [0.3, 0.4) is 0 Å². The van der Waals surface area contributed by atoms with Gasteiger partial charge in [0.15, 0.2) is 0 Å². The first-order chi connectivity index (χ1) is 8.22. The van der Waals surface area contributed by atoms with Crippen molar-refractivity contribution in [1.82, 2.24) is 15.1 Å². The fourth-order valence-electron chi connectivity index (χ4n) is 1.92. The van der Waals surface area contributed by atoms with Crippen molar-refractivity contribution in [1.29, 1.82) is 0 Å². The van der Waals surface area contributed by atoms with E-state index in [1.165, 1.54) is 22.3 Å². The van der Waals surface area contributed by atoms with Crippen LogP contribution in [0.5, 0.6) is 0 Å². The van der Waals surface area contributed by atoms with Gasteiger partial charge in [-0.3, -0.25) is 4.68 Å². The van der Waals surface area contributed by atoms with Crippen molar-refractivity contribution in [3.63, 3.8) is 0 Å². The van der Waals surface area contributed by atoms with Crippen molar-refractivity contribution in [3.8, 4) is 11.1 Å². The SMILES string of the molecule is CNCCn1cc(-c2cccc(C)c2C)cn1. The van der Waals surface area contributed by atoms with Crippen molar-refractivity contribution in [2.24, 2.45) is 0 Å². The van der Waals surface area contributed by atoms with Crippen molar-refractivity contribution >= 4 is 0 Å². The summed E-state index contributed by atoms with van der Waals surface area (Å²) in [6.45, 7) is 6.15. The van der Waals surface area contributed by atoms with E-state index in [0.717, 1.165) is 13.1 Å². The molecule has 0 aliphatic carbocycles. The quantitative estimate of drug-likeness (QED) is 0.872. The predicted octanol–water partition coefficient (Wildman–Crippen LogP) is 2.39. The third kappa shape index (κ3) is 2.56. The van der Waals surface area contributed by atoms with E-state index in [4.69, 9.17) is 0 Å². The molecule has 0 fully saturated rings. The van der Waals surface area contributed by atoms with E-state index in [-0.39, 0.29) is 0 Å². The third-order valence-electron chi connectivity index (χ3n) is 3.14. The lowest BCUT2D eigenvalue weighted by atomic mass is 10.00. The highest BCUT2D eigenvalue weighted by molar-refractivity contribution is 5.67. The average molecular weight is 229 g/mol. The lowest BCUT2D eigenvalue weighted by molar-refractivity contribution is 0.585. The molecule has 2 aromatic rings. The minimum Gasteiger partial charge on any atom is -0.318 e. The Morgan fingerprint density at radius 2 is 2.12 bits per heavy atom. The van der Waals surface area contributed by atoms with Crippen LogP contribution in [0, 0.1) is 13.8 Å². The van der Waals surface area contributed by atoms with E-state index >= 15 is 0 Å². The summed E-state index contributed by atoms with van der Waals surface area (Å²) in [5, 5.41) is 7.50. The van der Waals surface area contributed by atoms with E-state index in [0.29, 0.717) is 0 Å². The van der Waals surface area contributed by atoms with Crippen molar-refractivity contribution < 1.29 is 0 Å². The maximum Gasteiger partial charge on any atom is 0.0568 e. The maximum absolute atomic E-state index is 4.38. The molecule has 2 rings (SSSR count). The van der Waals surface area contributed by atoms with Crippen LogP contribution in [0.25, 0.3) is 11.1 Å². The van der Waals surface area contributed by atoms with Crippen LogP contribution >= 0.6 is 0 Å². The monoisotopic (exact) mass is 229 g/mol. The van der Waals surface area contributed by atoms with Crippen LogP contribution in [0.15, 0.2) is 30.6 Å². The number of rotatable bonds is 4. The van der Waals surface area contributed by atoms with Gasteiger partial charge in [0.05, 0.1) is 12.7 Å². The van der Waals surface area contributed by atoms with E-state index in [1.807, 2.05) is 17.9 Å². The van der Waals surface area contributed by atoms with Gasteiger partial charge < -0.3 is 5.32 Å². The van der Waals surface area contributed by atoms with Crippen molar-refractivity contribution in [2.75, 3.05) is 13.6 Å². The van der Waals surface area contributed by atoms with E-state index < -0.39 is 0 Å². The second-order valence-corrected chi connectivity index (χ2v) is 4.34. The topological polar surface area (TPSA) is 29.9 Å². The number of aromatic nitrogens is 2. The molecule has 3 heteroatoms. The van der Waals surface area contributed by atoms with Crippen LogP contribution in [0.2, 0.25) is 0 Å². The molecule has 1 N–H and O–H groups in total. The molecule has 0 saturated heterocycles. The van der Waals surface area contributed by atoms with Crippen LogP contribution < -0.4 is 5.32 Å². The highest BCUT2D eigenvalue weighted by Gasteiger charge is 2.05. The number of likely N-dealkylation sites (N-methyl/N-ethyl adjacent to an activating group) is 1. The Morgan fingerprint density at radius 3 is 2.88 bits per heavy atom. The summed E-state index contributed by atoms with van der Waals surface area (Å²) in [4.78, 5) is 0. The molecular formula is C14H19N3. The predicted molar refractivity (Wildman–Crippen MR) is 71.1 cm³/mol. The Morgan fingerprint density at radius 1 is 1.29 bits per heavy atom. The first-order valence-electron chi connectivity index (χ1n) is 5.96. The molecule has 1 aromatic carbocycles. The smallest absolute Gasteiger partial charge is 0.0568 e. The van der Waals surface area contributed by atoms with E-state index in [2.05, 4.69) is 48.7 Å². The molecule has 0 aliphatic heterocycles.